The monoisotopic (exact) mass is 355 g/mol. The number of aryl methyl sites for hydroxylation is 1. The van der Waals surface area contributed by atoms with Gasteiger partial charge in [0.15, 0.2) is 0 Å². The molecule has 0 fully saturated rings. The van der Waals surface area contributed by atoms with Gasteiger partial charge in [0.05, 0.1) is 12.1 Å². The summed E-state index contributed by atoms with van der Waals surface area (Å²) >= 11 is 6.17. The fourth-order valence-corrected chi connectivity index (χ4v) is 2.79. The van der Waals surface area contributed by atoms with Crippen molar-refractivity contribution in [3.63, 3.8) is 0 Å². The van der Waals surface area contributed by atoms with Gasteiger partial charge < -0.3 is 14.8 Å². The molecule has 0 amide bonds. The van der Waals surface area contributed by atoms with Crippen molar-refractivity contribution in [1.82, 2.24) is 0 Å². The van der Waals surface area contributed by atoms with Crippen LogP contribution >= 0.6 is 11.6 Å². The Balaban J connectivity index is 1.78. The smallest absolute Gasteiger partial charge is 0.335 e. The SMILES string of the molecule is Cc1ccc(C(=O)O)cc1NCc1ccc(-c2cccc(Cl)c2C)o1. The molecule has 0 bridgehead atoms. The molecular formula is C20H18ClNO3. The van der Waals surface area contributed by atoms with E-state index in [-0.39, 0.29) is 5.56 Å². The summed E-state index contributed by atoms with van der Waals surface area (Å²) in [6.45, 7) is 4.35. The van der Waals surface area contributed by atoms with Gasteiger partial charge in [0.25, 0.3) is 0 Å². The van der Waals surface area contributed by atoms with Gasteiger partial charge in [-0.15, -0.1) is 0 Å². The molecule has 25 heavy (non-hydrogen) atoms. The van der Waals surface area contributed by atoms with Gasteiger partial charge >= 0.3 is 5.97 Å². The predicted octanol–water partition coefficient (Wildman–Crippen LogP) is 5.53. The van der Waals surface area contributed by atoms with Gasteiger partial charge in [0.2, 0.25) is 0 Å². The molecule has 0 unspecified atom stereocenters. The number of furan rings is 1. The Kier molecular flexibility index (Phi) is 4.81. The number of carboxylic acid groups (broad SMARTS) is 1. The standard InChI is InChI=1S/C20H18ClNO3/c1-12-6-7-14(20(23)24)10-18(12)22-11-15-8-9-19(25-15)16-4-3-5-17(21)13(16)2/h3-10,22H,11H2,1-2H3,(H,23,24). The second-order valence-corrected chi connectivity index (χ2v) is 6.27. The van der Waals surface area contributed by atoms with Crippen molar-refractivity contribution in [3.8, 4) is 11.3 Å². The highest BCUT2D eigenvalue weighted by molar-refractivity contribution is 6.31. The number of nitrogens with one attached hydrogen (secondary N) is 1. The number of carbonyl (C=O) groups is 1. The molecule has 0 atom stereocenters. The molecular weight excluding hydrogens is 338 g/mol. The van der Waals surface area contributed by atoms with Gasteiger partial charge in [0, 0.05) is 16.3 Å². The van der Waals surface area contributed by atoms with E-state index in [0.29, 0.717) is 11.6 Å². The Bertz CT molecular complexity index is 930. The number of benzene rings is 2. The topological polar surface area (TPSA) is 62.5 Å². The van der Waals surface area contributed by atoms with E-state index in [4.69, 9.17) is 21.1 Å². The molecule has 1 aromatic heterocycles. The first-order chi connectivity index (χ1) is 12.0. The number of halogens is 1. The summed E-state index contributed by atoms with van der Waals surface area (Å²) < 4.78 is 5.91. The summed E-state index contributed by atoms with van der Waals surface area (Å²) in [6.07, 6.45) is 0. The van der Waals surface area contributed by atoms with Crippen LogP contribution in [0, 0.1) is 13.8 Å². The van der Waals surface area contributed by atoms with E-state index in [2.05, 4.69) is 5.32 Å². The lowest BCUT2D eigenvalue weighted by atomic mass is 10.1. The van der Waals surface area contributed by atoms with Crippen molar-refractivity contribution in [2.24, 2.45) is 0 Å². The highest BCUT2D eigenvalue weighted by Gasteiger charge is 2.10. The van der Waals surface area contributed by atoms with Gasteiger partial charge in [0.1, 0.15) is 11.5 Å². The van der Waals surface area contributed by atoms with Crippen LogP contribution in [0.25, 0.3) is 11.3 Å². The van der Waals surface area contributed by atoms with Gasteiger partial charge in [-0.2, -0.15) is 0 Å². The summed E-state index contributed by atoms with van der Waals surface area (Å²) in [4.78, 5) is 11.1. The van der Waals surface area contributed by atoms with E-state index in [9.17, 15) is 4.79 Å². The van der Waals surface area contributed by atoms with Crippen LogP contribution < -0.4 is 5.32 Å². The first-order valence-electron chi connectivity index (χ1n) is 7.87. The van der Waals surface area contributed by atoms with Crippen LogP contribution in [0.5, 0.6) is 0 Å². The summed E-state index contributed by atoms with van der Waals surface area (Å²) in [5.41, 5.74) is 3.94. The maximum atomic E-state index is 11.1. The average molecular weight is 356 g/mol. The Hall–Kier alpha value is -2.72. The van der Waals surface area contributed by atoms with E-state index in [1.807, 2.05) is 44.2 Å². The normalized spacial score (nSPS) is 10.7. The third kappa shape index (κ3) is 3.69. The number of carboxylic acids is 1. The minimum Gasteiger partial charge on any atom is -0.478 e. The molecule has 5 heteroatoms. The first kappa shape index (κ1) is 17.1. The molecule has 128 valence electrons. The highest BCUT2D eigenvalue weighted by Crippen LogP contribution is 2.30. The molecule has 0 radical (unpaired) electrons. The third-order valence-corrected chi connectivity index (χ3v) is 4.54. The van der Waals surface area contributed by atoms with E-state index in [1.165, 1.54) is 0 Å². The Labute approximate surface area is 151 Å². The first-order valence-corrected chi connectivity index (χ1v) is 8.25. The quantitative estimate of drug-likeness (QED) is 0.631. The summed E-state index contributed by atoms with van der Waals surface area (Å²) in [5.74, 6) is 0.571. The lowest BCUT2D eigenvalue weighted by molar-refractivity contribution is 0.0697. The van der Waals surface area contributed by atoms with Gasteiger partial charge in [-0.1, -0.05) is 29.8 Å². The summed E-state index contributed by atoms with van der Waals surface area (Å²) in [5, 5.41) is 13.0. The van der Waals surface area contributed by atoms with E-state index < -0.39 is 5.97 Å². The Morgan fingerprint density at radius 3 is 2.72 bits per heavy atom. The number of hydrogen-bond donors (Lipinski definition) is 2. The molecule has 3 rings (SSSR count). The molecule has 0 aliphatic heterocycles. The predicted molar refractivity (Wildman–Crippen MR) is 99.4 cm³/mol. The fraction of sp³-hybridized carbons (Fsp3) is 0.150. The molecule has 0 aliphatic carbocycles. The minimum atomic E-state index is -0.945. The second-order valence-electron chi connectivity index (χ2n) is 5.87. The number of rotatable bonds is 5. The van der Waals surface area contributed by atoms with Crippen LogP contribution in [0.3, 0.4) is 0 Å². The van der Waals surface area contributed by atoms with Crippen LogP contribution in [0.15, 0.2) is 52.9 Å². The Morgan fingerprint density at radius 2 is 1.96 bits per heavy atom. The van der Waals surface area contributed by atoms with Gasteiger partial charge in [-0.05, 0) is 55.3 Å². The molecule has 1 heterocycles. The second kappa shape index (κ2) is 7.03. The van der Waals surface area contributed by atoms with E-state index in [0.717, 1.165) is 33.9 Å². The summed E-state index contributed by atoms with van der Waals surface area (Å²) in [7, 11) is 0. The van der Waals surface area contributed by atoms with Crippen molar-refractivity contribution in [1.29, 1.82) is 0 Å². The maximum Gasteiger partial charge on any atom is 0.335 e. The van der Waals surface area contributed by atoms with Crippen LogP contribution in [0.4, 0.5) is 5.69 Å². The van der Waals surface area contributed by atoms with Crippen LogP contribution in [0.1, 0.15) is 27.2 Å². The van der Waals surface area contributed by atoms with Crippen LogP contribution in [-0.2, 0) is 6.54 Å². The summed E-state index contributed by atoms with van der Waals surface area (Å²) in [6, 6.07) is 14.5. The zero-order valence-corrected chi connectivity index (χ0v) is 14.7. The molecule has 0 saturated heterocycles. The van der Waals surface area contributed by atoms with Crippen molar-refractivity contribution in [2.75, 3.05) is 5.32 Å². The van der Waals surface area contributed by atoms with Crippen molar-refractivity contribution in [3.05, 3.63) is 76.0 Å². The average Bonchev–Trinajstić information content (AvgIpc) is 3.05. The van der Waals surface area contributed by atoms with Gasteiger partial charge in [-0.3, -0.25) is 0 Å². The molecule has 0 aliphatic rings. The molecule has 0 spiro atoms. The zero-order valence-electron chi connectivity index (χ0n) is 14.0. The van der Waals surface area contributed by atoms with Gasteiger partial charge in [-0.25, -0.2) is 4.79 Å². The van der Waals surface area contributed by atoms with Crippen molar-refractivity contribution >= 4 is 23.3 Å². The fourth-order valence-electron chi connectivity index (χ4n) is 2.62. The Morgan fingerprint density at radius 1 is 1.16 bits per heavy atom. The largest absolute Gasteiger partial charge is 0.478 e. The highest BCUT2D eigenvalue weighted by atomic mass is 35.5. The van der Waals surface area contributed by atoms with Crippen LogP contribution in [-0.4, -0.2) is 11.1 Å². The maximum absolute atomic E-state index is 11.1. The zero-order chi connectivity index (χ0) is 18.0. The molecule has 3 aromatic rings. The number of anilines is 1. The van der Waals surface area contributed by atoms with Crippen LogP contribution in [0.2, 0.25) is 5.02 Å². The molecule has 2 aromatic carbocycles. The minimum absolute atomic E-state index is 0.253. The van der Waals surface area contributed by atoms with Crippen molar-refractivity contribution in [2.45, 2.75) is 20.4 Å². The van der Waals surface area contributed by atoms with E-state index in [1.54, 1.807) is 18.2 Å². The molecule has 4 nitrogen and oxygen atoms in total. The third-order valence-electron chi connectivity index (χ3n) is 4.13. The number of aromatic carboxylic acids is 1. The van der Waals surface area contributed by atoms with E-state index >= 15 is 0 Å². The molecule has 0 saturated carbocycles. The number of hydrogen-bond acceptors (Lipinski definition) is 3. The lowest BCUT2D eigenvalue weighted by Gasteiger charge is -2.09. The van der Waals surface area contributed by atoms with Crippen molar-refractivity contribution < 1.29 is 14.3 Å². The lowest BCUT2D eigenvalue weighted by Crippen LogP contribution is -2.03. The molecule has 2 N–H and O–H groups in total.